The van der Waals surface area contributed by atoms with Crippen LogP contribution in [0.25, 0.3) is 0 Å². The lowest BCUT2D eigenvalue weighted by atomic mass is 10.2. The Morgan fingerprint density at radius 3 is 2.50 bits per heavy atom. The van der Waals surface area contributed by atoms with Crippen molar-refractivity contribution >= 4 is 11.7 Å². The zero-order valence-electron chi connectivity index (χ0n) is 7.91. The summed E-state index contributed by atoms with van der Waals surface area (Å²) in [5.41, 5.74) is 5.07. The number of nitrogen functional groups attached to an aromatic ring is 1. The van der Waals surface area contributed by atoms with E-state index in [0.717, 1.165) is 18.2 Å². The molecule has 0 bridgehead atoms. The van der Waals surface area contributed by atoms with E-state index < -0.39 is 18.8 Å². The molecule has 1 rings (SSSR count). The van der Waals surface area contributed by atoms with E-state index in [4.69, 9.17) is 10.8 Å². The van der Waals surface area contributed by atoms with Crippen LogP contribution in [0.1, 0.15) is 10.4 Å². The predicted molar refractivity (Wildman–Crippen MR) is 49.4 cm³/mol. The van der Waals surface area contributed by atoms with E-state index in [9.17, 15) is 18.0 Å². The average molecular weight is 235 g/mol. The van der Waals surface area contributed by atoms with Gasteiger partial charge in [0.1, 0.15) is 5.75 Å². The van der Waals surface area contributed by atoms with Crippen molar-refractivity contribution in [2.24, 2.45) is 0 Å². The number of aromatic carboxylic acids is 1. The van der Waals surface area contributed by atoms with E-state index in [0.29, 0.717) is 0 Å². The molecule has 3 N–H and O–H groups in total. The van der Waals surface area contributed by atoms with E-state index >= 15 is 0 Å². The fourth-order valence-corrected chi connectivity index (χ4v) is 0.973. The highest BCUT2D eigenvalue weighted by Crippen LogP contribution is 2.25. The van der Waals surface area contributed by atoms with Crippen LogP contribution in [0, 0.1) is 0 Å². The Kier molecular flexibility index (Phi) is 3.26. The molecule has 0 spiro atoms. The van der Waals surface area contributed by atoms with E-state index in [1.807, 2.05) is 0 Å². The summed E-state index contributed by atoms with van der Waals surface area (Å²) >= 11 is 0. The quantitative estimate of drug-likeness (QED) is 0.785. The van der Waals surface area contributed by atoms with E-state index in [1.165, 1.54) is 0 Å². The number of halogens is 3. The molecule has 0 fully saturated rings. The van der Waals surface area contributed by atoms with Gasteiger partial charge in [-0.25, -0.2) is 4.79 Å². The monoisotopic (exact) mass is 235 g/mol. The number of alkyl halides is 3. The van der Waals surface area contributed by atoms with Gasteiger partial charge in [0, 0.05) is 0 Å². The SMILES string of the molecule is Nc1cc(C(=O)O)ccc1OCC(F)(F)F. The standard InChI is InChI=1S/C9H8F3NO3/c10-9(11,12)4-16-7-2-1-5(8(14)15)3-6(7)13/h1-3H,4,13H2,(H,14,15). The van der Waals surface area contributed by atoms with Gasteiger partial charge >= 0.3 is 12.1 Å². The van der Waals surface area contributed by atoms with Gasteiger partial charge in [-0.15, -0.1) is 0 Å². The van der Waals surface area contributed by atoms with Gasteiger partial charge in [-0.3, -0.25) is 0 Å². The van der Waals surface area contributed by atoms with E-state index in [2.05, 4.69) is 4.74 Å². The normalized spacial score (nSPS) is 11.2. The first-order valence-corrected chi connectivity index (χ1v) is 4.12. The van der Waals surface area contributed by atoms with Crippen LogP contribution >= 0.6 is 0 Å². The second kappa shape index (κ2) is 4.30. The molecule has 0 aliphatic rings. The third-order valence-corrected chi connectivity index (χ3v) is 1.65. The first-order chi connectivity index (χ1) is 7.29. The van der Waals surface area contributed by atoms with Crippen LogP contribution in [0.15, 0.2) is 18.2 Å². The molecule has 7 heteroatoms. The number of nitrogens with two attached hydrogens (primary N) is 1. The number of anilines is 1. The number of carboxylic acids is 1. The van der Waals surface area contributed by atoms with Crippen molar-refractivity contribution in [1.82, 2.24) is 0 Å². The van der Waals surface area contributed by atoms with E-state index in [1.54, 1.807) is 0 Å². The lowest BCUT2D eigenvalue weighted by molar-refractivity contribution is -0.153. The molecule has 0 aliphatic heterocycles. The smallest absolute Gasteiger partial charge is 0.422 e. The summed E-state index contributed by atoms with van der Waals surface area (Å²) in [6.07, 6.45) is -4.46. The van der Waals surface area contributed by atoms with Crippen molar-refractivity contribution in [3.63, 3.8) is 0 Å². The Labute approximate surface area is 88.4 Å². The first kappa shape index (κ1) is 12.2. The Hall–Kier alpha value is -1.92. The van der Waals surface area contributed by atoms with Crippen LogP contribution in [0.3, 0.4) is 0 Å². The van der Waals surface area contributed by atoms with Crippen molar-refractivity contribution < 1.29 is 27.8 Å². The van der Waals surface area contributed by atoms with Crippen LogP contribution in [-0.2, 0) is 0 Å². The summed E-state index contributed by atoms with van der Waals surface area (Å²) in [4.78, 5) is 10.5. The minimum atomic E-state index is -4.46. The number of carbonyl (C=O) groups is 1. The number of hydrogen-bond acceptors (Lipinski definition) is 3. The molecule has 1 aromatic carbocycles. The third kappa shape index (κ3) is 3.34. The van der Waals surface area contributed by atoms with Crippen molar-refractivity contribution in [1.29, 1.82) is 0 Å². The molecule has 0 aromatic heterocycles. The minimum absolute atomic E-state index is 0.114. The minimum Gasteiger partial charge on any atom is -0.482 e. The zero-order valence-corrected chi connectivity index (χ0v) is 7.91. The molecule has 4 nitrogen and oxygen atoms in total. The van der Waals surface area contributed by atoms with Gasteiger partial charge in [-0.2, -0.15) is 13.2 Å². The fourth-order valence-electron chi connectivity index (χ4n) is 0.973. The summed E-state index contributed by atoms with van der Waals surface area (Å²) in [5.74, 6) is -1.41. The van der Waals surface area contributed by atoms with Crippen molar-refractivity contribution in [3.05, 3.63) is 23.8 Å². The first-order valence-electron chi connectivity index (χ1n) is 4.12. The Bertz CT molecular complexity index is 403. The third-order valence-electron chi connectivity index (χ3n) is 1.65. The summed E-state index contributed by atoms with van der Waals surface area (Å²) < 4.78 is 39.9. The zero-order chi connectivity index (χ0) is 12.3. The van der Waals surface area contributed by atoms with Crippen molar-refractivity contribution in [2.45, 2.75) is 6.18 Å². The molecule has 0 amide bonds. The summed E-state index contributed by atoms with van der Waals surface area (Å²) in [5, 5.41) is 8.58. The average Bonchev–Trinajstić information content (AvgIpc) is 2.14. The van der Waals surface area contributed by atoms with E-state index in [-0.39, 0.29) is 17.0 Å². The number of rotatable bonds is 3. The van der Waals surface area contributed by atoms with Gasteiger partial charge in [0.2, 0.25) is 0 Å². The molecule has 0 unspecified atom stereocenters. The van der Waals surface area contributed by atoms with Gasteiger partial charge < -0.3 is 15.6 Å². The molecule has 1 aromatic rings. The molecule has 0 saturated heterocycles. The second-order valence-corrected chi connectivity index (χ2v) is 2.96. The Balaban J connectivity index is 2.80. The summed E-state index contributed by atoms with van der Waals surface area (Å²) in [6.45, 7) is -1.47. The van der Waals surface area contributed by atoms with Gasteiger partial charge in [-0.05, 0) is 18.2 Å². The lowest BCUT2D eigenvalue weighted by Crippen LogP contribution is -2.19. The van der Waals surface area contributed by atoms with Crippen LogP contribution in [0.4, 0.5) is 18.9 Å². The van der Waals surface area contributed by atoms with Gasteiger partial charge in [-0.1, -0.05) is 0 Å². The second-order valence-electron chi connectivity index (χ2n) is 2.96. The van der Waals surface area contributed by atoms with Crippen LogP contribution in [0.5, 0.6) is 5.75 Å². The molecule has 0 aliphatic carbocycles. The number of benzene rings is 1. The maximum Gasteiger partial charge on any atom is 0.422 e. The molecular formula is C9H8F3NO3. The van der Waals surface area contributed by atoms with Crippen molar-refractivity contribution in [3.8, 4) is 5.75 Å². The van der Waals surface area contributed by atoms with Gasteiger partial charge in [0.25, 0.3) is 0 Å². The largest absolute Gasteiger partial charge is 0.482 e. The number of carboxylic acid groups (broad SMARTS) is 1. The Morgan fingerprint density at radius 1 is 1.44 bits per heavy atom. The summed E-state index contributed by atoms with van der Waals surface area (Å²) in [7, 11) is 0. The molecule has 0 heterocycles. The molecule has 0 radical (unpaired) electrons. The number of hydrogen-bond donors (Lipinski definition) is 2. The van der Waals surface area contributed by atoms with Gasteiger partial charge in [0.15, 0.2) is 6.61 Å². The topological polar surface area (TPSA) is 72.6 Å². The highest BCUT2D eigenvalue weighted by atomic mass is 19.4. The fraction of sp³-hybridized carbons (Fsp3) is 0.222. The lowest BCUT2D eigenvalue weighted by Gasteiger charge is -2.11. The van der Waals surface area contributed by atoms with Crippen LogP contribution in [-0.4, -0.2) is 23.9 Å². The summed E-state index contributed by atoms with van der Waals surface area (Å²) in [6, 6.07) is 3.24. The Morgan fingerprint density at radius 2 is 2.06 bits per heavy atom. The molecule has 0 atom stereocenters. The van der Waals surface area contributed by atoms with Crippen molar-refractivity contribution in [2.75, 3.05) is 12.3 Å². The number of ether oxygens (including phenoxy) is 1. The van der Waals surface area contributed by atoms with Crippen LogP contribution in [0.2, 0.25) is 0 Å². The molecule has 88 valence electrons. The highest BCUT2D eigenvalue weighted by molar-refractivity contribution is 5.89. The van der Waals surface area contributed by atoms with Crippen LogP contribution < -0.4 is 10.5 Å². The maximum atomic E-state index is 11.8. The molecule has 16 heavy (non-hydrogen) atoms. The molecular weight excluding hydrogens is 227 g/mol. The van der Waals surface area contributed by atoms with Gasteiger partial charge in [0.05, 0.1) is 11.3 Å². The predicted octanol–water partition coefficient (Wildman–Crippen LogP) is 1.91. The highest BCUT2D eigenvalue weighted by Gasteiger charge is 2.28. The maximum absolute atomic E-state index is 11.8. The molecule has 0 saturated carbocycles.